The van der Waals surface area contributed by atoms with Gasteiger partial charge >= 0.3 is 0 Å². The summed E-state index contributed by atoms with van der Waals surface area (Å²) in [4.78, 5) is 22.5. The highest BCUT2D eigenvalue weighted by Crippen LogP contribution is 2.25. The van der Waals surface area contributed by atoms with Crippen molar-refractivity contribution in [2.75, 3.05) is 13.1 Å². The van der Waals surface area contributed by atoms with Crippen LogP contribution in [0.1, 0.15) is 6.42 Å². The summed E-state index contributed by atoms with van der Waals surface area (Å²) in [5.41, 5.74) is 5.01. The molecule has 0 unspecified atom stereocenters. The molecule has 0 bridgehead atoms. The van der Waals surface area contributed by atoms with Crippen molar-refractivity contribution in [3.05, 3.63) is 34.4 Å². The van der Waals surface area contributed by atoms with Crippen molar-refractivity contribution >= 4 is 21.7 Å². The van der Waals surface area contributed by atoms with E-state index < -0.39 is 33.1 Å². The number of nitro benzene ring substituents is 1. The first-order chi connectivity index (χ1) is 11.3. The monoisotopic (exact) mass is 354 g/mol. The molecule has 2 atom stereocenters. The number of rotatable bonds is 5. The Labute approximate surface area is 137 Å². The maximum atomic E-state index is 12.2. The van der Waals surface area contributed by atoms with Gasteiger partial charge in [-0.05, 0) is 12.1 Å². The van der Waals surface area contributed by atoms with Crippen LogP contribution in [0.2, 0.25) is 0 Å². The van der Waals surface area contributed by atoms with Gasteiger partial charge in [-0.2, -0.15) is 13.7 Å². The van der Waals surface area contributed by atoms with Crippen molar-refractivity contribution in [1.29, 1.82) is 5.26 Å². The molecule has 24 heavy (non-hydrogen) atoms. The lowest BCUT2D eigenvalue weighted by atomic mass is 10.2. The molecule has 1 fully saturated rings. The van der Waals surface area contributed by atoms with Crippen molar-refractivity contribution in [1.82, 2.24) is 4.90 Å². The molecule has 128 valence electrons. The number of hydrogen-bond donors (Lipinski definition) is 1. The Bertz CT molecular complexity index is 786. The minimum Gasteiger partial charge on any atom is -0.323 e. The van der Waals surface area contributed by atoms with E-state index in [1.54, 1.807) is 0 Å². The van der Waals surface area contributed by atoms with Gasteiger partial charge in [0, 0.05) is 25.1 Å². The van der Waals surface area contributed by atoms with Crippen molar-refractivity contribution in [2.24, 2.45) is 5.73 Å². The van der Waals surface area contributed by atoms with E-state index in [-0.39, 0.29) is 30.1 Å². The molecule has 0 aliphatic carbocycles. The lowest BCUT2D eigenvalue weighted by Crippen LogP contribution is -2.39. The molecule has 1 aliphatic heterocycles. The Morgan fingerprint density at radius 2 is 2.08 bits per heavy atom. The third-order valence-corrected chi connectivity index (χ3v) is 4.88. The van der Waals surface area contributed by atoms with Gasteiger partial charge in [-0.3, -0.25) is 19.1 Å². The molecular formula is C13H14N4O6S. The number of nitro groups is 1. The van der Waals surface area contributed by atoms with E-state index in [0.29, 0.717) is 0 Å². The molecule has 0 spiro atoms. The summed E-state index contributed by atoms with van der Waals surface area (Å²) >= 11 is 0. The Hall–Kier alpha value is -2.55. The van der Waals surface area contributed by atoms with Gasteiger partial charge in [0.2, 0.25) is 5.91 Å². The number of amides is 1. The standard InChI is InChI=1S/C13H14N4O6S/c14-6-10-5-11(8-16(10)13(18)7-15)23-24(21,22)12-3-1-9(2-4-12)17(19)20/h1-4,10-11H,5,7-8,15H2/t10-,11+/m0/s1. The number of nitriles is 1. The highest BCUT2D eigenvalue weighted by atomic mass is 32.2. The summed E-state index contributed by atoms with van der Waals surface area (Å²) in [6, 6.07) is 5.32. The molecule has 2 rings (SSSR count). The number of non-ortho nitro benzene ring substituents is 1. The van der Waals surface area contributed by atoms with Gasteiger partial charge in [-0.25, -0.2) is 0 Å². The van der Waals surface area contributed by atoms with E-state index in [1.807, 2.05) is 6.07 Å². The number of likely N-dealkylation sites (tertiary alicyclic amines) is 1. The lowest BCUT2D eigenvalue weighted by molar-refractivity contribution is -0.384. The van der Waals surface area contributed by atoms with Crippen molar-refractivity contribution in [2.45, 2.75) is 23.5 Å². The predicted molar refractivity (Wildman–Crippen MR) is 79.9 cm³/mol. The molecular weight excluding hydrogens is 340 g/mol. The van der Waals surface area contributed by atoms with Gasteiger partial charge < -0.3 is 10.6 Å². The fraction of sp³-hybridized carbons (Fsp3) is 0.385. The van der Waals surface area contributed by atoms with Crippen molar-refractivity contribution in [3.8, 4) is 6.07 Å². The molecule has 0 aromatic heterocycles. The van der Waals surface area contributed by atoms with Crippen LogP contribution in [0, 0.1) is 21.4 Å². The molecule has 1 aromatic rings. The second-order valence-corrected chi connectivity index (χ2v) is 6.63. The van der Waals surface area contributed by atoms with Crippen LogP contribution in [-0.4, -0.2) is 49.4 Å². The van der Waals surface area contributed by atoms with E-state index in [0.717, 1.165) is 24.3 Å². The molecule has 2 N–H and O–H groups in total. The quantitative estimate of drug-likeness (QED) is 0.431. The van der Waals surface area contributed by atoms with Gasteiger partial charge in [0.05, 0.1) is 28.5 Å². The summed E-state index contributed by atoms with van der Waals surface area (Å²) in [6.45, 7) is -0.361. The molecule has 1 aromatic carbocycles. The Morgan fingerprint density at radius 1 is 1.46 bits per heavy atom. The number of carbonyl (C=O) groups excluding carboxylic acids is 1. The largest absolute Gasteiger partial charge is 0.323 e. The normalized spacial score (nSPS) is 20.6. The third kappa shape index (κ3) is 3.67. The maximum Gasteiger partial charge on any atom is 0.297 e. The highest BCUT2D eigenvalue weighted by Gasteiger charge is 2.38. The van der Waals surface area contributed by atoms with E-state index in [1.165, 1.54) is 4.90 Å². The molecule has 1 heterocycles. The first-order valence-electron chi connectivity index (χ1n) is 6.85. The highest BCUT2D eigenvalue weighted by molar-refractivity contribution is 7.86. The maximum absolute atomic E-state index is 12.2. The average Bonchev–Trinajstić information content (AvgIpc) is 2.96. The zero-order valence-electron chi connectivity index (χ0n) is 12.4. The Kier molecular flexibility index (Phi) is 5.13. The molecule has 1 aliphatic rings. The van der Waals surface area contributed by atoms with E-state index in [2.05, 4.69) is 0 Å². The summed E-state index contributed by atoms with van der Waals surface area (Å²) < 4.78 is 29.5. The predicted octanol–water partition coefficient (Wildman–Crippen LogP) is -0.248. The minimum atomic E-state index is -4.17. The van der Waals surface area contributed by atoms with E-state index in [9.17, 15) is 23.3 Å². The number of nitrogens with two attached hydrogens (primary N) is 1. The third-order valence-electron chi connectivity index (χ3n) is 3.51. The Morgan fingerprint density at radius 3 is 2.58 bits per heavy atom. The second kappa shape index (κ2) is 6.91. The van der Waals surface area contributed by atoms with Crippen LogP contribution in [0.15, 0.2) is 29.2 Å². The van der Waals surface area contributed by atoms with Crippen LogP contribution in [0.25, 0.3) is 0 Å². The number of hydrogen-bond acceptors (Lipinski definition) is 8. The average molecular weight is 354 g/mol. The Balaban J connectivity index is 2.13. The second-order valence-electron chi connectivity index (χ2n) is 5.05. The van der Waals surface area contributed by atoms with E-state index >= 15 is 0 Å². The number of carbonyl (C=O) groups is 1. The van der Waals surface area contributed by atoms with Gasteiger partial charge in [0.15, 0.2) is 0 Å². The SMILES string of the molecule is N#C[C@@H]1C[C@@H](OS(=O)(=O)c2ccc([N+](=O)[O-])cc2)CN1C(=O)CN. The van der Waals surface area contributed by atoms with Crippen LogP contribution in [0.3, 0.4) is 0 Å². The van der Waals surface area contributed by atoms with Gasteiger partial charge in [-0.15, -0.1) is 0 Å². The fourth-order valence-corrected chi connectivity index (χ4v) is 3.43. The molecule has 11 heteroatoms. The first kappa shape index (κ1) is 17.8. The van der Waals surface area contributed by atoms with Crippen LogP contribution >= 0.6 is 0 Å². The minimum absolute atomic E-state index is 0.0362. The molecule has 10 nitrogen and oxygen atoms in total. The van der Waals surface area contributed by atoms with Crippen LogP contribution in [0.5, 0.6) is 0 Å². The zero-order chi connectivity index (χ0) is 17.9. The van der Waals surface area contributed by atoms with Crippen LogP contribution in [-0.2, 0) is 19.1 Å². The summed E-state index contributed by atoms with van der Waals surface area (Å²) in [6.07, 6.45) is -0.848. The van der Waals surface area contributed by atoms with Crippen molar-refractivity contribution in [3.63, 3.8) is 0 Å². The number of nitrogens with zero attached hydrogens (tertiary/aromatic N) is 3. The van der Waals surface area contributed by atoms with Crippen molar-refractivity contribution < 1.29 is 22.3 Å². The fourth-order valence-electron chi connectivity index (χ4n) is 2.35. The van der Waals surface area contributed by atoms with Crippen LogP contribution < -0.4 is 5.73 Å². The molecule has 1 amide bonds. The zero-order valence-corrected chi connectivity index (χ0v) is 13.2. The van der Waals surface area contributed by atoms with Gasteiger partial charge in [0.1, 0.15) is 6.04 Å². The number of benzene rings is 1. The molecule has 0 saturated carbocycles. The summed E-state index contributed by atoms with van der Waals surface area (Å²) in [7, 11) is -4.17. The molecule has 1 saturated heterocycles. The van der Waals surface area contributed by atoms with Crippen LogP contribution in [0.4, 0.5) is 5.69 Å². The topological polar surface area (TPSA) is 157 Å². The lowest BCUT2D eigenvalue weighted by Gasteiger charge is -2.18. The van der Waals surface area contributed by atoms with Gasteiger partial charge in [0.25, 0.3) is 15.8 Å². The van der Waals surface area contributed by atoms with E-state index in [4.69, 9.17) is 15.2 Å². The van der Waals surface area contributed by atoms with Gasteiger partial charge in [-0.1, -0.05) is 0 Å². The summed E-state index contributed by atoms with van der Waals surface area (Å²) in [5.74, 6) is -0.472. The summed E-state index contributed by atoms with van der Waals surface area (Å²) in [5, 5.41) is 19.6. The molecule has 0 radical (unpaired) electrons. The first-order valence-corrected chi connectivity index (χ1v) is 8.26. The smallest absolute Gasteiger partial charge is 0.297 e.